The van der Waals surface area contributed by atoms with Crippen molar-refractivity contribution in [2.45, 2.75) is 31.5 Å². The fourth-order valence-corrected chi connectivity index (χ4v) is 4.63. The Morgan fingerprint density at radius 2 is 1.49 bits per heavy atom. The minimum atomic E-state index is -1.14. The molecule has 2 N–H and O–H groups in total. The molecule has 1 unspecified atom stereocenters. The third-order valence-electron chi connectivity index (χ3n) is 6.61. The minimum absolute atomic E-state index is 0.103. The first-order chi connectivity index (χ1) is 17.0. The van der Waals surface area contributed by atoms with Crippen molar-refractivity contribution in [1.82, 2.24) is 20.5 Å². The number of carbonyl (C=O) groups excluding carboxylic acids is 1. The zero-order valence-electron chi connectivity index (χ0n) is 20.2. The molecule has 0 radical (unpaired) electrons. The second-order valence-electron chi connectivity index (χ2n) is 8.74. The van der Waals surface area contributed by atoms with E-state index in [2.05, 4.69) is 5.32 Å². The third-order valence-corrected chi connectivity index (χ3v) is 6.61. The van der Waals surface area contributed by atoms with Gasteiger partial charge in [0.1, 0.15) is 6.04 Å². The second-order valence-corrected chi connectivity index (χ2v) is 8.74. The zero-order valence-corrected chi connectivity index (χ0v) is 20.2. The standard InChI is InChI=1S/C28H32N4O3/c1-3-31(30(2)32-21-28(32,27(34)35)24-17-11-6-12-18-24)25(19-22-13-7-4-8-14-22)26(33)29-20-23-15-9-5-10-16-23/h4-18,25H,3,19-21H2,1-2H3,(H,29,33)(H,34,35)/t25-,28+,32?/m0/s1. The lowest BCUT2D eigenvalue weighted by atomic mass is 10.00. The molecule has 1 aliphatic rings. The predicted molar refractivity (Wildman–Crippen MR) is 135 cm³/mol. The van der Waals surface area contributed by atoms with Crippen molar-refractivity contribution in [1.29, 1.82) is 0 Å². The first-order valence-corrected chi connectivity index (χ1v) is 11.9. The average molecular weight is 473 g/mol. The normalized spacial score (nSPS) is 19.9. The molecular weight excluding hydrogens is 440 g/mol. The number of benzene rings is 3. The number of nitrogens with one attached hydrogen (secondary N) is 1. The molecule has 0 bridgehead atoms. The van der Waals surface area contributed by atoms with Gasteiger partial charge in [-0.15, -0.1) is 0 Å². The smallest absolute Gasteiger partial charge is 0.331 e. The van der Waals surface area contributed by atoms with Crippen molar-refractivity contribution in [2.24, 2.45) is 0 Å². The number of amides is 1. The highest BCUT2D eigenvalue weighted by molar-refractivity contribution is 5.85. The van der Waals surface area contributed by atoms with Crippen molar-refractivity contribution in [3.63, 3.8) is 0 Å². The number of carboxylic acids is 1. The quantitative estimate of drug-likeness (QED) is 0.330. The van der Waals surface area contributed by atoms with E-state index in [-0.39, 0.29) is 5.91 Å². The lowest BCUT2D eigenvalue weighted by Crippen LogP contribution is -2.57. The van der Waals surface area contributed by atoms with Gasteiger partial charge in [-0.3, -0.25) is 4.79 Å². The summed E-state index contributed by atoms with van der Waals surface area (Å²) in [5.41, 5.74) is 1.65. The van der Waals surface area contributed by atoms with Crippen molar-refractivity contribution < 1.29 is 14.7 Å². The Hall–Kier alpha value is -3.52. The number of hydrazine groups is 2. The molecule has 1 fully saturated rings. The maximum atomic E-state index is 13.5. The molecule has 0 aliphatic carbocycles. The molecule has 0 saturated carbocycles. The van der Waals surface area contributed by atoms with Gasteiger partial charge in [0.25, 0.3) is 0 Å². The van der Waals surface area contributed by atoms with Crippen LogP contribution in [0.1, 0.15) is 23.6 Å². The van der Waals surface area contributed by atoms with Gasteiger partial charge in [0.05, 0.1) is 6.54 Å². The van der Waals surface area contributed by atoms with Gasteiger partial charge < -0.3 is 10.4 Å². The van der Waals surface area contributed by atoms with Gasteiger partial charge in [0, 0.05) is 20.1 Å². The second kappa shape index (κ2) is 10.8. The Labute approximate surface area is 206 Å². The number of rotatable bonds is 11. The molecular formula is C28H32N4O3. The Bertz CT molecular complexity index is 1130. The van der Waals surface area contributed by atoms with Crippen LogP contribution in [0.4, 0.5) is 0 Å². The van der Waals surface area contributed by atoms with Crippen LogP contribution in [0.3, 0.4) is 0 Å². The Kier molecular flexibility index (Phi) is 7.60. The largest absolute Gasteiger partial charge is 0.480 e. The van der Waals surface area contributed by atoms with E-state index in [0.29, 0.717) is 26.1 Å². The van der Waals surface area contributed by atoms with Crippen LogP contribution in [-0.4, -0.2) is 58.3 Å². The van der Waals surface area contributed by atoms with Crippen LogP contribution < -0.4 is 5.32 Å². The highest BCUT2D eigenvalue weighted by Gasteiger charge is 2.63. The van der Waals surface area contributed by atoms with Crippen molar-refractivity contribution in [3.8, 4) is 0 Å². The van der Waals surface area contributed by atoms with Crippen LogP contribution in [0, 0.1) is 0 Å². The number of hydrogen-bond donors (Lipinski definition) is 2. The maximum Gasteiger partial charge on any atom is 0.331 e. The summed E-state index contributed by atoms with van der Waals surface area (Å²) in [6.07, 6.45) is 0.499. The van der Waals surface area contributed by atoms with Gasteiger partial charge in [-0.25, -0.2) is 14.8 Å². The van der Waals surface area contributed by atoms with Crippen LogP contribution in [0.2, 0.25) is 0 Å². The highest BCUT2D eigenvalue weighted by atomic mass is 16.4. The zero-order chi connectivity index (χ0) is 24.8. The number of likely N-dealkylation sites (N-methyl/N-ethyl adjacent to an activating group) is 1. The van der Waals surface area contributed by atoms with Gasteiger partial charge in [0.15, 0.2) is 5.54 Å². The van der Waals surface area contributed by atoms with Crippen molar-refractivity contribution in [3.05, 3.63) is 108 Å². The fraction of sp³-hybridized carbons (Fsp3) is 0.286. The summed E-state index contributed by atoms with van der Waals surface area (Å²) in [6.45, 7) is 3.28. The molecule has 7 nitrogen and oxygen atoms in total. The fourth-order valence-electron chi connectivity index (χ4n) is 4.63. The number of carbonyl (C=O) groups is 2. The van der Waals surface area contributed by atoms with Crippen LogP contribution >= 0.6 is 0 Å². The third kappa shape index (κ3) is 5.27. The van der Waals surface area contributed by atoms with E-state index in [1.165, 1.54) is 0 Å². The molecule has 35 heavy (non-hydrogen) atoms. The molecule has 7 heteroatoms. The van der Waals surface area contributed by atoms with Crippen molar-refractivity contribution in [2.75, 3.05) is 20.1 Å². The van der Waals surface area contributed by atoms with E-state index in [1.807, 2.05) is 115 Å². The van der Waals surface area contributed by atoms with Gasteiger partial charge in [0.2, 0.25) is 5.91 Å². The molecule has 4 rings (SSSR count). The van der Waals surface area contributed by atoms with Gasteiger partial charge in [-0.2, -0.15) is 5.12 Å². The van der Waals surface area contributed by atoms with Crippen LogP contribution in [0.5, 0.6) is 0 Å². The molecule has 0 spiro atoms. The van der Waals surface area contributed by atoms with Gasteiger partial charge in [-0.1, -0.05) is 97.9 Å². The van der Waals surface area contributed by atoms with Crippen LogP contribution in [-0.2, 0) is 28.1 Å². The van der Waals surface area contributed by atoms with E-state index in [4.69, 9.17) is 0 Å². The molecule has 3 atom stereocenters. The molecule has 3 aromatic rings. The molecule has 0 aromatic heterocycles. The molecule has 1 heterocycles. The summed E-state index contributed by atoms with van der Waals surface area (Å²) in [5.74, 6) is -1.01. The Balaban J connectivity index is 1.58. The number of aliphatic carboxylic acids is 1. The predicted octanol–water partition coefficient (Wildman–Crippen LogP) is 3.29. The summed E-state index contributed by atoms with van der Waals surface area (Å²) in [6, 6.07) is 28.4. The first-order valence-electron chi connectivity index (χ1n) is 11.9. The topological polar surface area (TPSA) is 75.9 Å². The molecule has 1 saturated heterocycles. The molecule has 3 aromatic carbocycles. The SMILES string of the molecule is CCN([C@@H](Cc1ccccc1)C(=O)NCc1ccccc1)N(C)N1C[C@]1(C(=O)O)c1ccccc1. The summed E-state index contributed by atoms with van der Waals surface area (Å²) < 4.78 is 0. The monoisotopic (exact) mass is 472 g/mol. The highest BCUT2D eigenvalue weighted by Crippen LogP contribution is 2.44. The summed E-state index contributed by atoms with van der Waals surface area (Å²) >= 11 is 0. The molecule has 1 aliphatic heterocycles. The number of hydrogen-bond acceptors (Lipinski definition) is 5. The van der Waals surface area contributed by atoms with E-state index < -0.39 is 17.6 Å². The Morgan fingerprint density at radius 1 is 0.943 bits per heavy atom. The van der Waals surface area contributed by atoms with Crippen molar-refractivity contribution >= 4 is 11.9 Å². The average Bonchev–Trinajstić information content (AvgIpc) is 3.66. The molecule has 182 valence electrons. The van der Waals surface area contributed by atoms with Crippen LogP contribution in [0.25, 0.3) is 0 Å². The summed E-state index contributed by atoms with van der Waals surface area (Å²) in [4.78, 5) is 25.9. The van der Waals surface area contributed by atoms with E-state index in [0.717, 1.165) is 16.7 Å². The van der Waals surface area contributed by atoms with E-state index >= 15 is 0 Å². The summed E-state index contributed by atoms with van der Waals surface area (Å²) in [5, 5.41) is 18.8. The Morgan fingerprint density at radius 3 is 2.03 bits per heavy atom. The van der Waals surface area contributed by atoms with Crippen LogP contribution in [0.15, 0.2) is 91.0 Å². The van der Waals surface area contributed by atoms with E-state index in [1.54, 1.807) is 5.01 Å². The lowest BCUT2D eigenvalue weighted by molar-refractivity contribution is -0.169. The van der Waals surface area contributed by atoms with Gasteiger partial charge in [-0.05, 0) is 23.1 Å². The first kappa shape index (κ1) is 24.6. The minimum Gasteiger partial charge on any atom is -0.480 e. The molecule has 1 amide bonds. The van der Waals surface area contributed by atoms with Gasteiger partial charge >= 0.3 is 5.97 Å². The van der Waals surface area contributed by atoms with E-state index in [9.17, 15) is 14.7 Å². The lowest BCUT2D eigenvalue weighted by Gasteiger charge is -2.38. The number of carboxylic acid groups (broad SMARTS) is 1. The summed E-state index contributed by atoms with van der Waals surface area (Å²) in [7, 11) is 1.83. The maximum absolute atomic E-state index is 13.5. The number of nitrogens with zero attached hydrogens (tertiary/aromatic N) is 3.